The van der Waals surface area contributed by atoms with Gasteiger partial charge in [-0.2, -0.15) is 0 Å². The van der Waals surface area contributed by atoms with Crippen LogP contribution >= 0.6 is 23.4 Å². The van der Waals surface area contributed by atoms with Crippen molar-refractivity contribution in [1.29, 1.82) is 0 Å². The molecule has 86 valence electrons. The van der Waals surface area contributed by atoms with E-state index < -0.39 is 11.3 Å². The molecule has 5 nitrogen and oxygen atoms in total. The molecule has 1 heterocycles. The molecular weight excluding hydrogens is 272 g/mol. The molecule has 1 amide bonds. The van der Waals surface area contributed by atoms with Gasteiger partial charge in [-0.05, 0) is 12.1 Å². The summed E-state index contributed by atoms with van der Waals surface area (Å²) in [6.07, 6.45) is 0. The van der Waals surface area contributed by atoms with Crippen LogP contribution in [0, 0.1) is 0 Å². The van der Waals surface area contributed by atoms with Gasteiger partial charge < -0.3 is 5.32 Å². The fraction of sp³-hybridized carbons (Fsp3) is 0.125. The van der Waals surface area contributed by atoms with Crippen LogP contribution in [0.4, 0.5) is 11.4 Å². The normalized spacial score (nSPS) is 16.2. The first-order chi connectivity index (χ1) is 7.56. The van der Waals surface area contributed by atoms with Crippen molar-refractivity contribution >= 4 is 51.9 Å². The average molecular weight is 279 g/mol. The molecule has 1 aromatic carbocycles. The summed E-state index contributed by atoms with van der Waals surface area (Å²) in [7, 11) is 0. The van der Waals surface area contributed by atoms with Crippen LogP contribution in [0.15, 0.2) is 17.0 Å². The van der Waals surface area contributed by atoms with Crippen LogP contribution in [0.5, 0.6) is 0 Å². The molecule has 1 aliphatic rings. The number of hydrogen-bond donors (Lipinski definition) is 3. The van der Waals surface area contributed by atoms with Gasteiger partial charge in [-0.15, -0.1) is 11.8 Å². The highest BCUT2D eigenvalue weighted by Gasteiger charge is 2.20. The Bertz CT molecular complexity index is 481. The molecule has 0 saturated heterocycles. The summed E-state index contributed by atoms with van der Waals surface area (Å²) in [6.45, 7) is 0. The van der Waals surface area contributed by atoms with Crippen LogP contribution in [0.3, 0.4) is 0 Å². The lowest BCUT2D eigenvalue weighted by Gasteiger charge is -2.19. The van der Waals surface area contributed by atoms with Gasteiger partial charge in [-0.25, -0.2) is 4.21 Å². The predicted molar refractivity (Wildman–Crippen MR) is 65.2 cm³/mol. The van der Waals surface area contributed by atoms with Crippen molar-refractivity contribution in [2.75, 3.05) is 15.8 Å². The summed E-state index contributed by atoms with van der Waals surface area (Å²) in [6, 6.07) is 3.14. The van der Waals surface area contributed by atoms with Crippen molar-refractivity contribution in [3.8, 4) is 0 Å². The summed E-state index contributed by atoms with van der Waals surface area (Å²) in [5.41, 5.74) is 0.995. The van der Waals surface area contributed by atoms with E-state index in [9.17, 15) is 9.00 Å². The predicted octanol–water partition coefficient (Wildman–Crippen LogP) is 1.93. The molecule has 3 N–H and O–H groups in total. The average Bonchev–Trinajstić information content (AvgIpc) is 2.15. The number of benzene rings is 1. The van der Waals surface area contributed by atoms with Crippen molar-refractivity contribution in [3.63, 3.8) is 0 Å². The number of anilines is 2. The Morgan fingerprint density at radius 2 is 2.31 bits per heavy atom. The van der Waals surface area contributed by atoms with Gasteiger partial charge in [0.2, 0.25) is 5.91 Å². The third kappa shape index (κ3) is 2.49. The molecule has 2 rings (SSSR count). The lowest BCUT2D eigenvalue weighted by molar-refractivity contribution is -0.113. The zero-order valence-corrected chi connectivity index (χ0v) is 10.2. The number of fused-ring (bicyclic) bond motifs is 1. The first-order valence-corrected chi connectivity index (χ1v) is 6.67. The second-order valence-electron chi connectivity index (χ2n) is 3.02. The minimum atomic E-state index is -2.17. The van der Waals surface area contributed by atoms with Crippen LogP contribution in [0.1, 0.15) is 0 Å². The standard InChI is InChI=1S/C8H7ClN2O3S2/c9-4-1-5-8(15-3-7(12)10-5)6(2-4)11-16(13)14/h1-2,11H,3H2,(H,10,12)(H,13,14). The van der Waals surface area contributed by atoms with Gasteiger partial charge in [0.25, 0.3) is 11.3 Å². The molecule has 0 bridgehead atoms. The first-order valence-electron chi connectivity index (χ1n) is 4.20. The molecule has 1 aromatic rings. The number of hydrogen-bond acceptors (Lipinski definition) is 3. The topological polar surface area (TPSA) is 78.4 Å². The highest BCUT2D eigenvalue weighted by atomic mass is 35.5. The monoisotopic (exact) mass is 278 g/mol. The molecule has 0 aromatic heterocycles. The highest BCUT2D eigenvalue weighted by Crippen LogP contribution is 2.40. The van der Waals surface area contributed by atoms with E-state index >= 15 is 0 Å². The minimum absolute atomic E-state index is 0.115. The molecule has 0 spiro atoms. The molecule has 8 heteroatoms. The summed E-state index contributed by atoms with van der Waals surface area (Å²) < 4.78 is 21.8. The van der Waals surface area contributed by atoms with Crippen LogP contribution in [0.25, 0.3) is 0 Å². The van der Waals surface area contributed by atoms with Gasteiger partial charge in [-0.3, -0.25) is 14.1 Å². The van der Waals surface area contributed by atoms with Crippen molar-refractivity contribution in [2.45, 2.75) is 4.90 Å². The second-order valence-corrected chi connectivity index (χ2v) is 5.14. The summed E-state index contributed by atoms with van der Waals surface area (Å²) in [4.78, 5) is 11.9. The first kappa shape index (κ1) is 11.7. The van der Waals surface area contributed by atoms with Gasteiger partial charge in [0.1, 0.15) is 0 Å². The molecule has 1 aliphatic heterocycles. The highest BCUT2D eigenvalue weighted by molar-refractivity contribution is 8.00. The van der Waals surface area contributed by atoms with Gasteiger partial charge in [0.05, 0.1) is 22.0 Å². The summed E-state index contributed by atoms with van der Waals surface area (Å²) in [5.74, 6) is 0.164. The summed E-state index contributed by atoms with van der Waals surface area (Å²) in [5, 5.41) is 3.03. The molecule has 0 saturated carbocycles. The van der Waals surface area contributed by atoms with E-state index in [-0.39, 0.29) is 11.7 Å². The maximum Gasteiger partial charge on any atom is 0.259 e. The van der Waals surface area contributed by atoms with Crippen molar-refractivity contribution < 1.29 is 13.6 Å². The zero-order valence-electron chi connectivity index (χ0n) is 7.82. The molecule has 1 atom stereocenters. The van der Waals surface area contributed by atoms with E-state index in [1.807, 2.05) is 0 Å². The summed E-state index contributed by atoms with van der Waals surface area (Å²) >= 11 is 4.96. The Balaban J connectivity index is 2.45. The number of rotatable bonds is 2. The van der Waals surface area contributed by atoms with E-state index in [1.54, 1.807) is 12.1 Å². The number of amides is 1. The molecule has 16 heavy (non-hydrogen) atoms. The third-order valence-corrected chi connectivity index (χ3v) is 3.62. The Kier molecular flexibility index (Phi) is 3.38. The number of nitrogens with one attached hydrogen (secondary N) is 2. The van der Waals surface area contributed by atoms with Gasteiger partial charge in [0.15, 0.2) is 0 Å². The Hall–Kier alpha value is -0.760. The van der Waals surface area contributed by atoms with Crippen LogP contribution in [-0.2, 0) is 16.1 Å². The minimum Gasteiger partial charge on any atom is -0.324 e. The maximum atomic E-state index is 11.2. The van der Waals surface area contributed by atoms with E-state index in [2.05, 4.69) is 10.0 Å². The van der Waals surface area contributed by atoms with Crippen molar-refractivity contribution in [2.24, 2.45) is 0 Å². The fourth-order valence-electron chi connectivity index (χ4n) is 1.34. The lowest BCUT2D eigenvalue weighted by Crippen LogP contribution is -2.19. The molecular formula is C8H7ClN2O3S2. The number of carbonyl (C=O) groups is 1. The molecule has 0 radical (unpaired) electrons. The number of thioether (sulfide) groups is 1. The second kappa shape index (κ2) is 4.62. The van der Waals surface area contributed by atoms with Gasteiger partial charge in [0, 0.05) is 5.02 Å². The number of halogens is 1. The van der Waals surface area contributed by atoms with E-state index in [0.29, 0.717) is 21.3 Å². The maximum absolute atomic E-state index is 11.2. The fourth-order valence-corrected chi connectivity index (χ4v) is 2.85. The Morgan fingerprint density at radius 3 is 3.00 bits per heavy atom. The van der Waals surface area contributed by atoms with Crippen LogP contribution < -0.4 is 10.0 Å². The van der Waals surface area contributed by atoms with E-state index in [4.69, 9.17) is 16.2 Å². The van der Waals surface area contributed by atoms with Crippen molar-refractivity contribution in [3.05, 3.63) is 17.2 Å². The lowest BCUT2D eigenvalue weighted by atomic mass is 10.2. The van der Waals surface area contributed by atoms with Crippen LogP contribution in [-0.4, -0.2) is 20.4 Å². The van der Waals surface area contributed by atoms with E-state index in [0.717, 1.165) is 0 Å². The van der Waals surface area contributed by atoms with Gasteiger partial charge in [-0.1, -0.05) is 11.6 Å². The smallest absolute Gasteiger partial charge is 0.259 e. The van der Waals surface area contributed by atoms with Crippen LogP contribution in [0.2, 0.25) is 5.02 Å². The molecule has 1 unspecified atom stereocenters. The SMILES string of the molecule is O=C1CSc2c(cc(Cl)cc2NS(=O)O)N1. The Morgan fingerprint density at radius 1 is 1.56 bits per heavy atom. The Labute approximate surface area is 103 Å². The molecule has 0 aliphatic carbocycles. The van der Waals surface area contributed by atoms with E-state index in [1.165, 1.54) is 11.8 Å². The quantitative estimate of drug-likeness (QED) is 0.723. The van der Waals surface area contributed by atoms with Crippen molar-refractivity contribution in [1.82, 2.24) is 0 Å². The third-order valence-electron chi connectivity index (χ3n) is 1.87. The van der Waals surface area contributed by atoms with Gasteiger partial charge >= 0.3 is 0 Å². The zero-order chi connectivity index (χ0) is 11.7. The largest absolute Gasteiger partial charge is 0.324 e. The number of carbonyl (C=O) groups excluding carboxylic acids is 1. The molecule has 0 fully saturated rings.